The van der Waals surface area contributed by atoms with Crippen LogP contribution in [0.5, 0.6) is 5.75 Å². The third-order valence-corrected chi connectivity index (χ3v) is 3.58. The lowest BCUT2D eigenvalue weighted by atomic mass is 9.93. The number of carbonyl (C=O) groups excluding carboxylic acids is 1. The van der Waals surface area contributed by atoms with E-state index in [1.165, 1.54) is 25.3 Å². The lowest BCUT2D eigenvalue weighted by Crippen LogP contribution is -2.24. The van der Waals surface area contributed by atoms with E-state index in [4.69, 9.17) is 5.73 Å². The average Bonchev–Trinajstić information content (AvgIpc) is 2.59. The molecule has 0 saturated heterocycles. The van der Waals surface area contributed by atoms with E-state index in [2.05, 4.69) is 4.74 Å². The molecule has 0 amide bonds. The number of aromatic amines is 1. The number of phenolic OH excluding ortho intramolecular Hbond substituents is 1. The molecule has 0 bridgehead atoms. The molecule has 0 atom stereocenters. The molecule has 27 heavy (non-hydrogen) atoms. The third-order valence-electron chi connectivity index (χ3n) is 3.58. The number of esters is 1. The van der Waals surface area contributed by atoms with Crippen LogP contribution in [-0.4, -0.2) is 45.3 Å². The molecule has 0 radical (unpaired) electrons. The average molecular weight is 374 g/mol. The van der Waals surface area contributed by atoms with Gasteiger partial charge in [0.2, 0.25) is 0 Å². The van der Waals surface area contributed by atoms with Crippen LogP contribution in [0.1, 0.15) is 26.3 Å². The number of aromatic nitrogens is 1. The van der Waals surface area contributed by atoms with Gasteiger partial charge in [0.05, 0.1) is 7.11 Å². The maximum absolute atomic E-state index is 12.0. The Morgan fingerprint density at radius 3 is 2.33 bits per heavy atom. The predicted molar refractivity (Wildman–Crippen MR) is 93.5 cm³/mol. The zero-order chi connectivity index (χ0) is 20.3. The summed E-state index contributed by atoms with van der Waals surface area (Å²) in [6, 6.07) is 3.75. The quantitative estimate of drug-likeness (QED) is 0.375. The fourth-order valence-corrected chi connectivity index (χ4v) is 2.41. The first-order valence-corrected chi connectivity index (χ1v) is 7.29. The Balaban J connectivity index is 2.86. The van der Waals surface area contributed by atoms with E-state index in [-0.39, 0.29) is 5.56 Å². The Labute approximate surface area is 151 Å². The number of benzene rings is 1. The maximum Gasteiger partial charge on any atom is 0.342 e. The zero-order valence-corrected chi connectivity index (χ0v) is 13.8. The summed E-state index contributed by atoms with van der Waals surface area (Å²) in [4.78, 5) is 48.3. The number of H-pyrrole nitrogens is 1. The molecule has 2 aromatic rings. The number of aromatic hydroxyl groups is 1. The molecule has 0 aliphatic rings. The van der Waals surface area contributed by atoms with Crippen molar-refractivity contribution in [3.8, 4) is 16.9 Å². The molecular formula is C17H14N2O8. The summed E-state index contributed by atoms with van der Waals surface area (Å²) in [6.45, 7) is 0. The van der Waals surface area contributed by atoms with E-state index in [1.807, 2.05) is 4.98 Å². The largest absolute Gasteiger partial charge is 0.507 e. The summed E-state index contributed by atoms with van der Waals surface area (Å²) < 4.78 is 4.45. The number of rotatable bonds is 5. The van der Waals surface area contributed by atoms with Crippen LogP contribution in [-0.2, 0) is 9.53 Å². The molecule has 1 aromatic carbocycles. The van der Waals surface area contributed by atoms with Crippen molar-refractivity contribution in [3.63, 3.8) is 0 Å². The van der Waals surface area contributed by atoms with Crippen molar-refractivity contribution in [2.45, 2.75) is 0 Å². The van der Waals surface area contributed by atoms with E-state index in [1.54, 1.807) is 0 Å². The Hall–Kier alpha value is -4.08. The number of hydrogen-bond acceptors (Lipinski definition) is 7. The molecule has 10 heteroatoms. The predicted octanol–water partition coefficient (Wildman–Crippen LogP) is 0.912. The van der Waals surface area contributed by atoms with Gasteiger partial charge in [-0.1, -0.05) is 6.07 Å². The number of nitrogens with one attached hydrogen (secondary N) is 1. The number of carboxylic acids is 2. The summed E-state index contributed by atoms with van der Waals surface area (Å²) in [5.41, 5.74) is 2.33. The minimum absolute atomic E-state index is 0.255. The first kappa shape index (κ1) is 19.2. The minimum Gasteiger partial charge on any atom is -0.507 e. The highest BCUT2D eigenvalue weighted by Crippen LogP contribution is 2.36. The van der Waals surface area contributed by atoms with Gasteiger partial charge >= 0.3 is 17.9 Å². The number of hydrogen-bond donors (Lipinski definition) is 5. The zero-order valence-electron chi connectivity index (χ0n) is 13.8. The molecular weight excluding hydrogens is 360 g/mol. The maximum atomic E-state index is 12.0. The number of ether oxygens (including phenoxy) is 1. The van der Waals surface area contributed by atoms with Gasteiger partial charge in [0, 0.05) is 17.2 Å². The molecule has 1 heterocycles. The van der Waals surface area contributed by atoms with Crippen molar-refractivity contribution in [1.29, 1.82) is 0 Å². The molecule has 10 nitrogen and oxygen atoms in total. The van der Waals surface area contributed by atoms with Crippen molar-refractivity contribution in [2.24, 2.45) is 0 Å². The lowest BCUT2D eigenvalue weighted by Gasteiger charge is -2.14. The highest BCUT2D eigenvalue weighted by Gasteiger charge is 2.28. The standard InChI is InChI=1S/C17H14N2O8/c1-27-10(21)5-3-7-2-4-9(20)8(6-7)11-12(16(23)24)14(18)19-15(22)13(11)17(25)26/h2-6,20H,1H3,(H,23,24)(H,25,26)(H3,18,19,22). The Morgan fingerprint density at radius 2 is 1.78 bits per heavy atom. The van der Waals surface area contributed by atoms with Gasteiger partial charge in [0.15, 0.2) is 0 Å². The molecule has 6 N–H and O–H groups in total. The molecule has 0 fully saturated rings. The number of anilines is 1. The second-order valence-corrected chi connectivity index (χ2v) is 5.24. The molecule has 0 aliphatic heterocycles. The van der Waals surface area contributed by atoms with Gasteiger partial charge in [0.25, 0.3) is 5.56 Å². The van der Waals surface area contributed by atoms with Crippen LogP contribution in [0.15, 0.2) is 29.1 Å². The number of methoxy groups -OCH3 is 1. The lowest BCUT2D eigenvalue weighted by molar-refractivity contribution is -0.134. The fourth-order valence-electron chi connectivity index (χ4n) is 2.41. The summed E-state index contributed by atoms with van der Waals surface area (Å²) >= 11 is 0. The molecule has 2 rings (SSSR count). The van der Waals surface area contributed by atoms with Gasteiger partial charge < -0.3 is 30.8 Å². The first-order valence-electron chi connectivity index (χ1n) is 7.29. The molecule has 0 unspecified atom stereocenters. The van der Waals surface area contributed by atoms with E-state index >= 15 is 0 Å². The fraction of sp³-hybridized carbons (Fsp3) is 0.0588. The number of carbonyl (C=O) groups is 3. The van der Waals surface area contributed by atoms with E-state index in [0.717, 1.165) is 12.1 Å². The van der Waals surface area contributed by atoms with E-state index in [0.29, 0.717) is 5.56 Å². The van der Waals surface area contributed by atoms with Crippen molar-refractivity contribution in [1.82, 2.24) is 4.98 Å². The van der Waals surface area contributed by atoms with Gasteiger partial charge in [-0.05, 0) is 23.8 Å². The van der Waals surface area contributed by atoms with Crippen LogP contribution < -0.4 is 11.3 Å². The Bertz CT molecular complexity index is 1040. The Morgan fingerprint density at radius 1 is 1.15 bits per heavy atom. The monoisotopic (exact) mass is 374 g/mol. The highest BCUT2D eigenvalue weighted by atomic mass is 16.5. The van der Waals surface area contributed by atoms with E-state index < -0.39 is 51.7 Å². The number of nitrogens with two attached hydrogens (primary N) is 1. The van der Waals surface area contributed by atoms with Crippen LogP contribution >= 0.6 is 0 Å². The normalized spacial score (nSPS) is 10.7. The summed E-state index contributed by atoms with van der Waals surface area (Å²) in [5, 5.41) is 28.9. The molecule has 0 aliphatic carbocycles. The smallest absolute Gasteiger partial charge is 0.342 e. The topological polar surface area (TPSA) is 180 Å². The molecule has 140 valence electrons. The summed E-state index contributed by atoms with van der Waals surface area (Å²) in [7, 11) is 1.17. The van der Waals surface area contributed by atoms with Gasteiger partial charge in [-0.15, -0.1) is 0 Å². The van der Waals surface area contributed by atoms with Crippen LogP contribution in [0.25, 0.3) is 17.2 Å². The van der Waals surface area contributed by atoms with Crippen LogP contribution in [0, 0.1) is 0 Å². The second-order valence-electron chi connectivity index (χ2n) is 5.24. The number of carboxylic acid groups (broad SMARTS) is 2. The Kier molecular flexibility index (Phi) is 5.30. The summed E-state index contributed by atoms with van der Waals surface area (Å²) in [5.74, 6) is -5.02. The number of phenols is 1. The third kappa shape index (κ3) is 3.79. The molecule has 1 aromatic heterocycles. The highest BCUT2D eigenvalue weighted by molar-refractivity contribution is 6.08. The van der Waals surface area contributed by atoms with Gasteiger partial charge in [0.1, 0.15) is 22.7 Å². The van der Waals surface area contributed by atoms with Crippen molar-refractivity contribution >= 4 is 29.8 Å². The SMILES string of the molecule is COC(=O)C=Cc1ccc(O)c(-c2c(C(=O)O)c(N)[nH]c(=O)c2C(=O)O)c1. The second kappa shape index (κ2) is 7.44. The van der Waals surface area contributed by atoms with Gasteiger partial charge in [-0.2, -0.15) is 0 Å². The van der Waals surface area contributed by atoms with Crippen molar-refractivity contribution < 1.29 is 34.4 Å². The van der Waals surface area contributed by atoms with Gasteiger partial charge in [-0.3, -0.25) is 4.79 Å². The molecule has 0 saturated carbocycles. The molecule has 0 spiro atoms. The summed E-state index contributed by atoms with van der Waals surface area (Å²) in [6.07, 6.45) is 2.37. The number of aromatic carboxylic acids is 2. The van der Waals surface area contributed by atoms with Gasteiger partial charge in [-0.25, -0.2) is 14.4 Å². The van der Waals surface area contributed by atoms with E-state index in [9.17, 15) is 34.5 Å². The van der Waals surface area contributed by atoms with Crippen LogP contribution in [0.4, 0.5) is 5.82 Å². The van der Waals surface area contributed by atoms with Crippen LogP contribution in [0.3, 0.4) is 0 Å². The number of nitrogen functional groups attached to an aromatic ring is 1. The van der Waals surface area contributed by atoms with Crippen LogP contribution in [0.2, 0.25) is 0 Å². The van der Waals surface area contributed by atoms with Crippen molar-refractivity contribution in [3.05, 3.63) is 51.3 Å². The minimum atomic E-state index is -1.70. The number of pyridine rings is 1. The first-order chi connectivity index (χ1) is 12.7. The van der Waals surface area contributed by atoms with Crippen molar-refractivity contribution in [2.75, 3.05) is 12.8 Å².